The van der Waals surface area contributed by atoms with Crippen molar-refractivity contribution in [3.63, 3.8) is 0 Å². The van der Waals surface area contributed by atoms with Crippen LogP contribution in [0.15, 0.2) is 67.0 Å². The molecule has 2 aromatic heterocycles. The van der Waals surface area contributed by atoms with Crippen LogP contribution in [-0.4, -0.2) is 20.4 Å². The number of halogens is 1. The van der Waals surface area contributed by atoms with Crippen LogP contribution in [0.4, 0.5) is 5.69 Å². The summed E-state index contributed by atoms with van der Waals surface area (Å²) in [6, 6.07) is 17.8. The van der Waals surface area contributed by atoms with Crippen LogP contribution in [0.1, 0.15) is 27.2 Å². The number of hydrogen-bond donors (Lipinski definition) is 1. The van der Waals surface area contributed by atoms with Crippen molar-refractivity contribution in [1.29, 1.82) is 5.26 Å². The van der Waals surface area contributed by atoms with E-state index < -0.39 is 0 Å². The maximum Gasteiger partial charge on any atom is 0.257 e. The Kier molecular flexibility index (Phi) is 6.38. The molecule has 0 saturated carbocycles. The van der Waals surface area contributed by atoms with Gasteiger partial charge in [0.15, 0.2) is 0 Å². The van der Waals surface area contributed by atoms with E-state index in [2.05, 4.69) is 21.4 Å². The SMILES string of the molecule is Cc1cnc(-c2cc(NC(=O)c3ccc(OCc4cccc(C#N)c4)nc3)ccc2Cl)n1C. The Balaban J connectivity index is 1.43. The summed E-state index contributed by atoms with van der Waals surface area (Å²) in [6.45, 7) is 2.23. The normalized spacial score (nSPS) is 10.5. The van der Waals surface area contributed by atoms with Crippen LogP contribution in [0.2, 0.25) is 5.02 Å². The van der Waals surface area contributed by atoms with Crippen molar-refractivity contribution < 1.29 is 9.53 Å². The molecule has 2 aromatic carbocycles. The Morgan fingerprint density at radius 1 is 1.15 bits per heavy atom. The number of carbonyl (C=O) groups excluding carboxylic acids is 1. The highest BCUT2D eigenvalue weighted by Gasteiger charge is 2.13. The van der Waals surface area contributed by atoms with Gasteiger partial charge in [-0.2, -0.15) is 5.26 Å². The number of rotatable bonds is 6. The van der Waals surface area contributed by atoms with E-state index in [1.807, 2.05) is 24.6 Å². The molecule has 7 nitrogen and oxygen atoms in total. The fraction of sp³-hybridized carbons (Fsp3) is 0.120. The molecule has 2 heterocycles. The Morgan fingerprint density at radius 3 is 2.70 bits per heavy atom. The van der Waals surface area contributed by atoms with E-state index in [1.54, 1.807) is 54.7 Å². The van der Waals surface area contributed by atoms with Crippen LogP contribution in [0, 0.1) is 18.3 Å². The molecule has 0 aliphatic rings. The van der Waals surface area contributed by atoms with Crippen LogP contribution in [0.25, 0.3) is 11.4 Å². The molecule has 0 aliphatic carbocycles. The molecule has 0 aliphatic heterocycles. The second kappa shape index (κ2) is 9.55. The van der Waals surface area contributed by atoms with E-state index >= 15 is 0 Å². The molecule has 0 bridgehead atoms. The van der Waals surface area contributed by atoms with Gasteiger partial charge >= 0.3 is 0 Å². The lowest BCUT2D eigenvalue weighted by atomic mass is 10.1. The Bertz CT molecular complexity index is 1360. The van der Waals surface area contributed by atoms with E-state index in [0.29, 0.717) is 27.7 Å². The lowest BCUT2D eigenvalue weighted by Gasteiger charge is -2.10. The third-order valence-corrected chi connectivity index (χ3v) is 5.46. The van der Waals surface area contributed by atoms with Gasteiger partial charge < -0.3 is 14.6 Å². The van der Waals surface area contributed by atoms with E-state index in [0.717, 1.165) is 22.6 Å². The van der Waals surface area contributed by atoms with E-state index in [4.69, 9.17) is 21.6 Å². The average molecular weight is 458 g/mol. The smallest absolute Gasteiger partial charge is 0.257 e. The second-order valence-corrected chi connectivity index (χ2v) is 7.82. The maximum atomic E-state index is 12.7. The second-order valence-electron chi connectivity index (χ2n) is 7.42. The van der Waals surface area contributed by atoms with Crippen molar-refractivity contribution in [2.75, 3.05) is 5.32 Å². The third kappa shape index (κ3) is 5.03. The van der Waals surface area contributed by atoms with Gasteiger partial charge in [0.05, 0.1) is 22.2 Å². The molecule has 0 unspecified atom stereocenters. The molecule has 4 rings (SSSR count). The molecule has 4 aromatic rings. The summed E-state index contributed by atoms with van der Waals surface area (Å²) < 4.78 is 7.60. The van der Waals surface area contributed by atoms with Gasteiger partial charge in [-0.3, -0.25) is 4.79 Å². The number of hydrogen-bond acceptors (Lipinski definition) is 5. The number of carbonyl (C=O) groups is 1. The van der Waals surface area contributed by atoms with Crippen LogP contribution >= 0.6 is 11.6 Å². The minimum atomic E-state index is -0.305. The largest absolute Gasteiger partial charge is 0.473 e. The molecular formula is C25H20ClN5O2. The number of benzene rings is 2. The number of ether oxygens (including phenoxy) is 1. The van der Waals surface area contributed by atoms with Crippen LogP contribution in [0.3, 0.4) is 0 Å². The Labute approximate surface area is 196 Å². The minimum Gasteiger partial charge on any atom is -0.473 e. The van der Waals surface area contributed by atoms with E-state index in [1.165, 1.54) is 6.20 Å². The van der Waals surface area contributed by atoms with Crippen molar-refractivity contribution in [3.05, 3.63) is 94.4 Å². The van der Waals surface area contributed by atoms with E-state index in [9.17, 15) is 4.79 Å². The highest BCUT2D eigenvalue weighted by molar-refractivity contribution is 6.33. The Morgan fingerprint density at radius 2 is 2.00 bits per heavy atom. The number of pyridine rings is 1. The molecule has 1 amide bonds. The standard InChI is InChI=1S/C25H20ClN5O2/c1-16-13-29-24(31(16)2)21-11-20(7-8-22(21)26)30-25(32)19-6-9-23(28-14-19)33-15-18-5-3-4-17(10-18)12-27/h3-11,13-14H,15H2,1-2H3,(H,30,32). The predicted octanol–water partition coefficient (Wildman–Crippen LogP) is 5.15. The number of aromatic nitrogens is 3. The summed E-state index contributed by atoms with van der Waals surface area (Å²) in [6.07, 6.45) is 3.22. The summed E-state index contributed by atoms with van der Waals surface area (Å²) in [5.74, 6) is 0.796. The lowest BCUT2D eigenvalue weighted by molar-refractivity contribution is 0.102. The zero-order chi connectivity index (χ0) is 23.4. The first kappa shape index (κ1) is 22.1. The van der Waals surface area contributed by atoms with Crippen molar-refractivity contribution in [2.45, 2.75) is 13.5 Å². The van der Waals surface area contributed by atoms with Crippen LogP contribution < -0.4 is 10.1 Å². The Hall–Kier alpha value is -4.15. The number of anilines is 1. The number of nitrogens with zero attached hydrogens (tertiary/aromatic N) is 4. The topological polar surface area (TPSA) is 92.8 Å². The van der Waals surface area contributed by atoms with Crippen LogP contribution in [0.5, 0.6) is 5.88 Å². The van der Waals surface area contributed by atoms with Crippen molar-refractivity contribution in [2.24, 2.45) is 7.05 Å². The van der Waals surface area contributed by atoms with Gasteiger partial charge in [-0.05, 0) is 48.9 Å². The fourth-order valence-electron chi connectivity index (χ4n) is 3.21. The predicted molar refractivity (Wildman–Crippen MR) is 126 cm³/mol. The first-order valence-electron chi connectivity index (χ1n) is 10.1. The number of imidazole rings is 1. The number of nitriles is 1. The molecule has 1 N–H and O–H groups in total. The molecular weight excluding hydrogens is 438 g/mol. The van der Waals surface area contributed by atoms with Crippen LogP contribution in [-0.2, 0) is 13.7 Å². The number of nitrogens with one attached hydrogen (secondary N) is 1. The molecule has 0 radical (unpaired) electrons. The summed E-state index contributed by atoms with van der Waals surface area (Å²) in [7, 11) is 1.91. The van der Waals surface area contributed by atoms with E-state index in [-0.39, 0.29) is 12.5 Å². The highest BCUT2D eigenvalue weighted by atomic mass is 35.5. The molecule has 0 fully saturated rings. The highest BCUT2D eigenvalue weighted by Crippen LogP contribution is 2.30. The zero-order valence-corrected chi connectivity index (χ0v) is 18.8. The van der Waals surface area contributed by atoms with Gasteiger partial charge in [-0.25, -0.2) is 9.97 Å². The molecule has 0 atom stereocenters. The molecule has 33 heavy (non-hydrogen) atoms. The first-order valence-corrected chi connectivity index (χ1v) is 10.5. The summed E-state index contributed by atoms with van der Waals surface area (Å²) in [5.41, 5.74) is 4.14. The average Bonchev–Trinajstić information content (AvgIpc) is 3.17. The minimum absolute atomic E-state index is 0.272. The summed E-state index contributed by atoms with van der Waals surface area (Å²) in [4.78, 5) is 21.3. The monoisotopic (exact) mass is 457 g/mol. The third-order valence-electron chi connectivity index (χ3n) is 5.13. The van der Waals surface area contributed by atoms with Gasteiger partial charge in [0, 0.05) is 42.5 Å². The van der Waals surface area contributed by atoms with Crippen molar-refractivity contribution in [3.8, 4) is 23.3 Å². The zero-order valence-electron chi connectivity index (χ0n) is 18.0. The first-order chi connectivity index (χ1) is 15.9. The van der Waals surface area contributed by atoms with Gasteiger partial charge in [-0.15, -0.1) is 0 Å². The maximum absolute atomic E-state index is 12.7. The number of amides is 1. The summed E-state index contributed by atoms with van der Waals surface area (Å²) >= 11 is 6.37. The molecule has 0 spiro atoms. The van der Waals surface area contributed by atoms with Crippen molar-refractivity contribution >= 4 is 23.2 Å². The van der Waals surface area contributed by atoms with Gasteiger partial charge in [-0.1, -0.05) is 23.7 Å². The quantitative estimate of drug-likeness (QED) is 0.432. The van der Waals surface area contributed by atoms with Crippen molar-refractivity contribution in [1.82, 2.24) is 14.5 Å². The van der Waals surface area contributed by atoms with Gasteiger partial charge in [0.1, 0.15) is 12.4 Å². The molecule has 0 saturated heterocycles. The van der Waals surface area contributed by atoms with Gasteiger partial charge in [0.2, 0.25) is 5.88 Å². The molecule has 164 valence electrons. The number of aryl methyl sites for hydroxylation is 1. The molecule has 8 heteroatoms. The van der Waals surface area contributed by atoms with Gasteiger partial charge in [0.25, 0.3) is 5.91 Å². The summed E-state index contributed by atoms with van der Waals surface area (Å²) in [5, 5.41) is 12.4. The fourth-order valence-corrected chi connectivity index (χ4v) is 3.41. The lowest BCUT2D eigenvalue weighted by Crippen LogP contribution is -2.12.